The van der Waals surface area contributed by atoms with E-state index in [2.05, 4.69) is 32.4 Å². The predicted octanol–water partition coefficient (Wildman–Crippen LogP) is 5.11. The van der Waals surface area contributed by atoms with Crippen LogP contribution < -0.4 is 15.0 Å². The molecule has 3 heterocycles. The first-order chi connectivity index (χ1) is 18.6. The molecular formula is C29H32N6O3. The highest BCUT2D eigenvalue weighted by atomic mass is 16.5. The highest BCUT2D eigenvalue weighted by Gasteiger charge is 2.26. The molecule has 1 saturated carbocycles. The number of carbonyl (C=O) groups is 1. The quantitative estimate of drug-likeness (QED) is 0.351. The number of anilines is 2. The Kier molecular flexibility index (Phi) is 6.68. The highest BCUT2D eigenvalue weighted by Crippen LogP contribution is 2.37. The smallest absolute Gasteiger partial charge is 0.251 e. The van der Waals surface area contributed by atoms with E-state index in [4.69, 9.17) is 14.5 Å². The summed E-state index contributed by atoms with van der Waals surface area (Å²) in [7, 11) is 3.25. The van der Waals surface area contributed by atoms with Crippen LogP contribution in [0.1, 0.15) is 48.7 Å². The number of nitrogens with zero attached hydrogens (tertiary/aromatic N) is 5. The van der Waals surface area contributed by atoms with E-state index in [9.17, 15) is 4.79 Å². The lowest BCUT2D eigenvalue weighted by Gasteiger charge is -2.26. The largest absolute Gasteiger partial charge is 0.497 e. The number of rotatable bonds is 8. The van der Waals surface area contributed by atoms with E-state index in [0.29, 0.717) is 17.2 Å². The number of nitrogens with one attached hydrogen (secondary N) is 1. The predicted molar refractivity (Wildman–Crippen MR) is 146 cm³/mol. The summed E-state index contributed by atoms with van der Waals surface area (Å²) in [6.45, 7) is 1.63. The normalized spacial score (nSPS) is 17.4. The summed E-state index contributed by atoms with van der Waals surface area (Å²) in [5.74, 6) is 1.11. The Morgan fingerprint density at radius 1 is 1.11 bits per heavy atom. The lowest BCUT2D eigenvalue weighted by Crippen LogP contribution is -2.22. The molecule has 0 spiro atoms. The van der Waals surface area contributed by atoms with Crippen molar-refractivity contribution in [2.75, 3.05) is 32.2 Å². The molecule has 1 aliphatic carbocycles. The highest BCUT2D eigenvalue weighted by molar-refractivity contribution is 5.96. The maximum Gasteiger partial charge on any atom is 0.251 e. The molecule has 6 rings (SSSR count). The van der Waals surface area contributed by atoms with Crippen molar-refractivity contribution in [1.29, 1.82) is 0 Å². The zero-order valence-corrected chi connectivity index (χ0v) is 21.8. The van der Waals surface area contributed by atoms with Gasteiger partial charge in [-0.3, -0.25) is 9.78 Å². The minimum Gasteiger partial charge on any atom is -0.497 e. The number of hydrogen-bond donors (Lipinski definition) is 1. The molecule has 1 N–H and O–H groups in total. The first-order valence-corrected chi connectivity index (χ1v) is 13.2. The molecule has 2 fully saturated rings. The van der Waals surface area contributed by atoms with Crippen LogP contribution in [0.25, 0.3) is 22.3 Å². The maximum absolute atomic E-state index is 12.5. The van der Waals surface area contributed by atoms with Gasteiger partial charge in [-0.15, -0.1) is 0 Å². The zero-order chi connectivity index (χ0) is 26.1. The number of aromatic nitrogens is 4. The average Bonchev–Trinajstić information content (AvgIpc) is 3.67. The summed E-state index contributed by atoms with van der Waals surface area (Å²) >= 11 is 0. The van der Waals surface area contributed by atoms with Crippen molar-refractivity contribution in [1.82, 2.24) is 25.1 Å². The van der Waals surface area contributed by atoms with Crippen LogP contribution in [0.15, 0.2) is 55.0 Å². The van der Waals surface area contributed by atoms with Gasteiger partial charge in [0.2, 0.25) is 0 Å². The van der Waals surface area contributed by atoms with Crippen LogP contribution >= 0.6 is 0 Å². The van der Waals surface area contributed by atoms with E-state index >= 15 is 0 Å². The van der Waals surface area contributed by atoms with Crippen LogP contribution in [0.3, 0.4) is 0 Å². The van der Waals surface area contributed by atoms with Crippen molar-refractivity contribution in [2.24, 2.45) is 5.92 Å². The third-order valence-electron chi connectivity index (χ3n) is 7.25. The molecule has 4 aromatic rings. The molecule has 1 amide bonds. The van der Waals surface area contributed by atoms with E-state index in [1.807, 2.05) is 35.3 Å². The lowest BCUT2D eigenvalue weighted by atomic mass is 10.1. The summed E-state index contributed by atoms with van der Waals surface area (Å²) in [4.78, 5) is 24.3. The van der Waals surface area contributed by atoms with E-state index in [0.717, 1.165) is 66.1 Å². The lowest BCUT2D eigenvalue weighted by molar-refractivity contribution is -0.0394. The van der Waals surface area contributed by atoms with Crippen LogP contribution in [-0.2, 0) is 4.74 Å². The molecule has 2 aliphatic rings. The molecule has 1 atom stereocenters. The Hall–Kier alpha value is -3.98. The SMILES string of the molecule is CNC(=O)c1cc(OC)cc(N(CC2CC2)c2ccc3ncc(-c4cnn(C5CCCCO5)c4)nc3c2)c1. The topological polar surface area (TPSA) is 94.4 Å². The second-order valence-corrected chi connectivity index (χ2v) is 10.0. The fraction of sp³-hybridized carbons (Fsp3) is 0.379. The van der Waals surface area contributed by atoms with Gasteiger partial charge in [-0.05, 0) is 68.4 Å². The Morgan fingerprint density at radius 2 is 2.00 bits per heavy atom. The minimum absolute atomic E-state index is 0.0176. The molecule has 1 saturated heterocycles. The number of carbonyl (C=O) groups excluding carboxylic acids is 1. The van der Waals surface area contributed by atoms with E-state index in [-0.39, 0.29) is 12.1 Å². The summed E-state index contributed by atoms with van der Waals surface area (Å²) in [5, 5.41) is 7.25. The second kappa shape index (κ2) is 10.4. The van der Waals surface area contributed by atoms with Gasteiger partial charge in [0.05, 0.1) is 36.2 Å². The van der Waals surface area contributed by atoms with Crippen molar-refractivity contribution < 1.29 is 14.3 Å². The summed E-state index contributed by atoms with van der Waals surface area (Å²) < 4.78 is 13.3. The number of amides is 1. The van der Waals surface area contributed by atoms with Crippen LogP contribution in [-0.4, -0.2) is 53.0 Å². The Bertz CT molecular complexity index is 1460. The van der Waals surface area contributed by atoms with Crippen molar-refractivity contribution in [2.45, 2.75) is 38.3 Å². The zero-order valence-electron chi connectivity index (χ0n) is 21.8. The summed E-state index contributed by atoms with van der Waals surface area (Å²) in [5.41, 5.74) is 5.78. The third kappa shape index (κ3) is 5.06. The Labute approximate surface area is 221 Å². The van der Waals surface area contributed by atoms with Crippen molar-refractivity contribution in [3.63, 3.8) is 0 Å². The fourth-order valence-electron chi connectivity index (χ4n) is 4.92. The number of benzene rings is 2. The van der Waals surface area contributed by atoms with Crippen LogP contribution in [0.5, 0.6) is 5.75 Å². The van der Waals surface area contributed by atoms with E-state index in [1.54, 1.807) is 26.4 Å². The first-order valence-electron chi connectivity index (χ1n) is 13.2. The van der Waals surface area contributed by atoms with E-state index in [1.165, 1.54) is 12.8 Å². The molecule has 2 aromatic heterocycles. The first kappa shape index (κ1) is 24.4. The van der Waals surface area contributed by atoms with Gasteiger partial charge in [0.15, 0.2) is 0 Å². The fourth-order valence-corrected chi connectivity index (χ4v) is 4.92. The number of fused-ring (bicyclic) bond motifs is 1. The van der Waals surface area contributed by atoms with Crippen molar-refractivity contribution >= 4 is 28.3 Å². The minimum atomic E-state index is -0.148. The monoisotopic (exact) mass is 512 g/mol. The van der Waals surface area contributed by atoms with Gasteiger partial charge in [-0.1, -0.05) is 0 Å². The molecule has 9 heteroatoms. The maximum atomic E-state index is 12.5. The molecular weight excluding hydrogens is 480 g/mol. The number of ether oxygens (including phenoxy) is 2. The molecule has 2 aromatic carbocycles. The molecule has 196 valence electrons. The third-order valence-corrected chi connectivity index (χ3v) is 7.25. The van der Waals surface area contributed by atoms with Gasteiger partial charge in [-0.25, -0.2) is 9.67 Å². The second-order valence-electron chi connectivity index (χ2n) is 10.0. The number of methoxy groups -OCH3 is 1. The Balaban J connectivity index is 1.36. The van der Waals surface area contributed by atoms with Gasteiger partial charge in [-0.2, -0.15) is 5.10 Å². The standard InChI is InChI=1S/C29H32N6O3/c1-30-29(36)20-11-23(13-24(12-20)37-2)34(17-19-6-7-19)22-8-9-25-26(14-22)33-27(16-31-25)21-15-32-35(18-21)28-5-3-4-10-38-28/h8-9,11-16,18-19,28H,3-7,10,17H2,1-2H3,(H,30,36). The average molecular weight is 513 g/mol. The summed E-state index contributed by atoms with van der Waals surface area (Å²) in [6, 6.07) is 11.8. The Morgan fingerprint density at radius 3 is 2.76 bits per heavy atom. The molecule has 9 nitrogen and oxygen atoms in total. The summed E-state index contributed by atoms with van der Waals surface area (Å²) in [6.07, 6.45) is 11.2. The molecule has 0 bridgehead atoms. The van der Waals surface area contributed by atoms with Crippen LogP contribution in [0.4, 0.5) is 11.4 Å². The molecule has 38 heavy (non-hydrogen) atoms. The van der Waals surface area contributed by atoms with Gasteiger partial charge in [0.1, 0.15) is 12.0 Å². The molecule has 1 unspecified atom stereocenters. The van der Waals surface area contributed by atoms with E-state index < -0.39 is 0 Å². The van der Waals surface area contributed by atoms with Crippen molar-refractivity contribution in [3.8, 4) is 17.0 Å². The van der Waals surface area contributed by atoms with Gasteiger partial charge in [0.25, 0.3) is 5.91 Å². The molecule has 1 aliphatic heterocycles. The van der Waals surface area contributed by atoms with Crippen LogP contribution in [0, 0.1) is 5.92 Å². The van der Waals surface area contributed by atoms with Crippen molar-refractivity contribution in [3.05, 3.63) is 60.6 Å². The van der Waals surface area contributed by atoms with Gasteiger partial charge in [0, 0.05) is 55.0 Å². The van der Waals surface area contributed by atoms with Gasteiger partial charge >= 0.3 is 0 Å². The number of hydrogen-bond acceptors (Lipinski definition) is 7. The molecule has 0 radical (unpaired) electrons. The van der Waals surface area contributed by atoms with Gasteiger partial charge < -0.3 is 19.7 Å². The van der Waals surface area contributed by atoms with Crippen LogP contribution in [0.2, 0.25) is 0 Å².